The second-order valence-electron chi connectivity index (χ2n) is 8.22. The molecule has 3 rings (SSSR count). The Bertz CT molecular complexity index is 910. The third-order valence-corrected chi connectivity index (χ3v) is 5.51. The normalized spacial score (nSPS) is 16.6. The Morgan fingerprint density at radius 2 is 2.00 bits per heavy atom. The third-order valence-electron chi connectivity index (χ3n) is 5.51. The van der Waals surface area contributed by atoms with Gasteiger partial charge in [0.2, 0.25) is 5.91 Å². The maximum absolute atomic E-state index is 12.6. The van der Waals surface area contributed by atoms with E-state index in [1.165, 1.54) is 0 Å². The van der Waals surface area contributed by atoms with Gasteiger partial charge in [-0.15, -0.1) is 0 Å². The molecule has 3 N–H and O–H groups in total. The number of primary amides is 1. The molecule has 160 valence electrons. The Hall–Kier alpha value is -2.86. The lowest BCUT2D eigenvalue weighted by molar-refractivity contribution is -0.122. The molecule has 0 aliphatic carbocycles. The summed E-state index contributed by atoms with van der Waals surface area (Å²) in [6, 6.07) is 13.5. The molecule has 6 heteroatoms. The van der Waals surface area contributed by atoms with Crippen LogP contribution < -0.4 is 15.8 Å². The van der Waals surface area contributed by atoms with Gasteiger partial charge in [0.1, 0.15) is 5.75 Å². The molecule has 6 nitrogen and oxygen atoms in total. The van der Waals surface area contributed by atoms with Crippen LogP contribution in [-0.2, 0) is 16.1 Å². The lowest BCUT2D eigenvalue weighted by Crippen LogP contribution is -2.39. The molecule has 30 heavy (non-hydrogen) atoms. The van der Waals surface area contributed by atoms with Crippen molar-refractivity contribution < 1.29 is 14.3 Å². The van der Waals surface area contributed by atoms with Crippen molar-refractivity contribution in [2.75, 3.05) is 18.5 Å². The Balaban J connectivity index is 1.65. The van der Waals surface area contributed by atoms with Crippen molar-refractivity contribution in [2.24, 2.45) is 5.73 Å². The molecule has 0 saturated carbocycles. The largest absolute Gasteiger partial charge is 0.483 e. The van der Waals surface area contributed by atoms with Crippen LogP contribution >= 0.6 is 0 Å². The van der Waals surface area contributed by atoms with Crippen molar-refractivity contribution >= 4 is 17.5 Å². The number of hydrogen-bond acceptors (Lipinski definition) is 4. The van der Waals surface area contributed by atoms with E-state index < -0.39 is 0 Å². The van der Waals surface area contributed by atoms with E-state index in [9.17, 15) is 9.59 Å². The Labute approximate surface area is 178 Å². The van der Waals surface area contributed by atoms with Gasteiger partial charge in [-0.25, -0.2) is 0 Å². The van der Waals surface area contributed by atoms with Crippen molar-refractivity contribution in [3.63, 3.8) is 0 Å². The van der Waals surface area contributed by atoms with Crippen LogP contribution in [0.15, 0.2) is 42.5 Å². The topological polar surface area (TPSA) is 84.7 Å². The maximum atomic E-state index is 12.6. The monoisotopic (exact) mass is 409 g/mol. The van der Waals surface area contributed by atoms with Gasteiger partial charge in [-0.3, -0.25) is 14.5 Å². The first-order valence-electron chi connectivity index (χ1n) is 10.5. The molecular formula is C24H31N3O3. The van der Waals surface area contributed by atoms with Crippen LogP contribution in [0.1, 0.15) is 49.3 Å². The van der Waals surface area contributed by atoms with E-state index in [2.05, 4.69) is 30.1 Å². The highest BCUT2D eigenvalue weighted by Gasteiger charge is 2.29. The van der Waals surface area contributed by atoms with E-state index in [1.54, 1.807) is 0 Å². The molecule has 1 fully saturated rings. The van der Waals surface area contributed by atoms with Crippen molar-refractivity contribution in [3.8, 4) is 5.75 Å². The molecular weight excluding hydrogens is 378 g/mol. The molecule has 1 atom stereocenters. The summed E-state index contributed by atoms with van der Waals surface area (Å²) < 4.78 is 5.85. The highest BCUT2D eigenvalue weighted by molar-refractivity contribution is 5.92. The Morgan fingerprint density at radius 3 is 2.73 bits per heavy atom. The number of nitrogens with one attached hydrogen (secondary N) is 1. The number of hydrogen-bond donors (Lipinski definition) is 2. The zero-order valence-corrected chi connectivity index (χ0v) is 18.0. The van der Waals surface area contributed by atoms with Gasteiger partial charge < -0.3 is 15.8 Å². The van der Waals surface area contributed by atoms with Gasteiger partial charge in [0.05, 0.1) is 6.04 Å². The predicted molar refractivity (Wildman–Crippen MR) is 118 cm³/mol. The number of benzene rings is 2. The molecule has 0 spiro atoms. The first kappa shape index (κ1) is 21.8. The molecule has 1 aliphatic rings. The zero-order valence-electron chi connectivity index (χ0n) is 18.0. The number of ether oxygens (including phenoxy) is 1. The van der Waals surface area contributed by atoms with Gasteiger partial charge >= 0.3 is 0 Å². The number of amides is 2. The number of aryl methyl sites for hydroxylation is 1. The Morgan fingerprint density at radius 1 is 1.23 bits per heavy atom. The van der Waals surface area contributed by atoms with Gasteiger partial charge in [0.15, 0.2) is 6.61 Å². The third kappa shape index (κ3) is 5.39. The summed E-state index contributed by atoms with van der Waals surface area (Å²) in [6.45, 7) is 7.54. The molecule has 0 bridgehead atoms. The molecule has 0 radical (unpaired) electrons. The standard InChI is InChI=1S/C24H31N3O3/c1-16(2)19-11-10-17(3)13-22(19)30-15-23(28)26-20-8-5-4-7-18(20)14-27-12-6-9-21(27)24(25)29/h4-5,7-8,10-11,13,16,21H,6,9,12,14-15H2,1-3H3,(H2,25,29)(H,26,28). The van der Waals surface area contributed by atoms with Crippen LogP contribution in [0.4, 0.5) is 5.69 Å². The number of likely N-dealkylation sites (tertiary alicyclic amines) is 1. The second-order valence-corrected chi connectivity index (χ2v) is 8.22. The van der Waals surface area contributed by atoms with Crippen LogP contribution in [0.25, 0.3) is 0 Å². The minimum Gasteiger partial charge on any atom is -0.483 e. The minimum atomic E-state index is -0.290. The van der Waals surface area contributed by atoms with Gasteiger partial charge in [-0.2, -0.15) is 0 Å². The first-order chi connectivity index (χ1) is 14.3. The van der Waals surface area contributed by atoms with E-state index in [4.69, 9.17) is 10.5 Å². The summed E-state index contributed by atoms with van der Waals surface area (Å²) >= 11 is 0. The van der Waals surface area contributed by atoms with E-state index in [0.717, 1.165) is 47.5 Å². The summed E-state index contributed by atoms with van der Waals surface area (Å²) in [5, 5.41) is 2.96. The fraction of sp³-hybridized carbons (Fsp3) is 0.417. The summed E-state index contributed by atoms with van der Waals surface area (Å²) in [5.41, 5.74) is 9.40. The van der Waals surface area contributed by atoms with E-state index in [0.29, 0.717) is 12.5 Å². The fourth-order valence-corrected chi connectivity index (χ4v) is 3.91. The molecule has 2 amide bonds. The van der Waals surface area contributed by atoms with E-state index in [1.807, 2.05) is 43.3 Å². The highest BCUT2D eigenvalue weighted by Crippen LogP contribution is 2.28. The molecule has 0 aromatic heterocycles. The van der Waals surface area contributed by atoms with Gasteiger partial charge in [-0.05, 0) is 61.1 Å². The van der Waals surface area contributed by atoms with Crippen molar-refractivity contribution in [1.82, 2.24) is 4.90 Å². The summed E-state index contributed by atoms with van der Waals surface area (Å²) in [6.07, 6.45) is 1.73. The number of nitrogens with two attached hydrogens (primary N) is 1. The summed E-state index contributed by atoms with van der Waals surface area (Å²) in [4.78, 5) is 26.3. The molecule has 1 heterocycles. The number of carbonyl (C=O) groups excluding carboxylic acids is 2. The molecule has 2 aromatic carbocycles. The van der Waals surface area contributed by atoms with Gasteiger partial charge in [-0.1, -0.05) is 44.2 Å². The fourth-order valence-electron chi connectivity index (χ4n) is 3.91. The van der Waals surface area contributed by atoms with Gasteiger partial charge in [0.25, 0.3) is 5.91 Å². The summed E-state index contributed by atoms with van der Waals surface area (Å²) in [5.74, 6) is 0.547. The van der Waals surface area contributed by atoms with Crippen molar-refractivity contribution in [2.45, 2.75) is 52.1 Å². The molecule has 1 saturated heterocycles. The summed E-state index contributed by atoms with van der Waals surface area (Å²) in [7, 11) is 0. The molecule has 1 unspecified atom stereocenters. The lowest BCUT2D eigenvalue weighted by atomic mass is 10.0. The average Bonchev–Trinajstić information content (AvgIpc) is 3.16. The molecule has 2 aromatic rings. The average molecular weight is 410 g/mol. The predicted octanol–water partition coefficient (Wildman–Crippen LogP) is 3.59. The Kier molecular flexibility index (Phi) is 7.11. The van der Waals surface area contributed by atoms with E-state index >= 15 is 0 Å². The van der Waals surface area contributed by atoms with Crippen LogP contribution in [-0.4, -0.2) is 35.9 Å². The minimum absolute atomic E-state index is 0.0644. The zero-order chi connectivity index (χ0) is 21.7. The quantitative estimate of drug-likeness (QED) is 0.698. The van der Waals surface area contributed by atoms with Crippen LogP contribution in [0.2, 0.25) is 0 Å². The molecule has 1 aliphatic heterocycles. The SMILES string of the molecule is Cc1ccc(C(C)C)c(OCC(=O)Nc2ccccc2CN2CCCC2C(N)=O)c1. The van der Waals surface area contributed by atoms with Crippen LogP contribution in [0, 0.1) is 6.92 Å². The number of carbonyl (C=O) groups is 2. The maximum Gasteiger partial charge on any atom is 0.262 e. The van der Waals surface area contributed by atoms with Gasteiger partial charge in [0, 0.05) is 12.2 Å². The van der Waals surface area contributed by atoms with Crippen molar-refractivity contribution in [3.05, 3.63) is 59.2 Å². The van der Waals surface area contributed by atoms with Crippen LogP contribution in [0.5, 0.6) is 5.75 Å². The van der Waals surface area contributed by atoms with Crippen molar-refractivity contribution in [1.29, 1.82) is 0 Å². The number of nitrogens with zero attached hydrogens (tertiary/aromatic N) is 1. The van der Waals surface area contributed by atoms with Crippen LogP contribution in [0.3, 0.4) is 0 Å². The number of para-hydroxylation sites is 1. The lowest BCUT2D eigenvalue weighted by Gasteiger charge is -2.23. The number of rotatable bonds is 8. The number of anilines is 1. The first-order valence-corrected chi connectivity index (χ1v) is 10.5. The van der Waals surface area contributed by atoms with E-state index in [-0.39, 0.29) is 24.5 Å². The highest BCUT2D eigenvalue weighted by atomic mass is 16.5. The second kappa shape index (κ2) is 9.76. The smallest absolute Gasteiger partial charge is 0.262 e.